The molecular formula is C31H53N3O4. The molecule has 38 heavy (non-hydrogen) atoms. The number of aliphatic hydroxyl groups is 1. The number of hydrogen-bond acceptors (Lipinski definition) is 6. The monoisotopic (exact) mass is 531 g/mol. The number of likely N-dealkylation sites (N-methyl/N-ethyl adjacent to an activating group) is 1. The molecule has 0 unspecified atom stereocenters. The lowest BCUT2D eigenvalue weighted by Crippen LogP contribution is -2.47. The van der Waals surface area contributed by atoms with E-state index in [1.807, 2.05) is 49.0 Å². The number of carbonyl (C=O) groups excluding carboxylic acids is 1. The second-order valence-corrected chi connectivity index (χ2v) is 12.1. The second-order valence-electron chi connectivity index (χ2n) is 12.1. The molecule has 216 valence electrons. The Balaban J connectivity index is 1.86. The first-order chi connectivity index (χ1) is 18.2. The summed E-state index contributed by atoms with van der Waals surface area (Å²) in [6.07, 6.45) is 9.67. The van der Waals surface area contributed by atoms with Crippen LogP contribution in [0, 0.1) is 11.8 Å². The van der Waals surface area contributed by atoms with Crippen molar-refractivity contribution in [3.8, 4) is 5.75 Å². The minimum absolute atomic E-state index is 0.00485. The summed E-state index contributed by atoms with van der Waals surface area (Å²) in [7, 11) is 6.16. The van der Waals surface area contributed by atoms with E-state index >= 15 is 0 Å². The third-order valence-corrected chi connectivity index (χ3v) is 8.34. The lowest BCUT2D eigenvalue weighted by Gasteiger charge is -2.36. The Kier molecular flexibility index (Phi) is 12.2. The normalized spacial score (nSPS) is 25.4. The van der Waals surface area contributed by atoms with Crippen LogP contribution in [0.4, 0.5) is 5.69 Å². The zero-order valence-electron chi connectivity index (χ0n) is 24.8. The molecule has 1 fully saturated rings. The quantitative estimate of drug-likeness (QED) is 0.531. The summed E-state index contributed by atoms with van der Waals surface area (Å²) in [5.41, 5.74) is 1.50. The Bertz CT molecular complexity index is 858. The number of ether oxygens (including phenoxy) is 2. The van der Waals surface area contributed by atoms with Crippen LogP contribution in [-0.2, 0) is 4.74 Å². The molecular weight excluding hydrogens is 478 g/mol. The number of rotatable bonds is 7. The summed E-state index contributed by atoms with van der Waals surface area (Å²) in [5.74, 6) is 1.41. The highest BCUT2D eigenvalue weighted by molar-refractivity contribution is 5.98. The van der Waals surface area contributed by atoms with E-state index in [1.54, 1.807) is 0 Å². The highest BCUT2D eigenvalue weighted by Crippen LogP contribution is 2.29. The molecule has 3 rings (SSSR count). The zero-order valence-corrected chi connectivity index (χ0v) is 24.8. The van der Waals surface area contributed by atoms with Gasteiger partial charge in [-0.15, -0.1) is 0 Å². The van der Waals surface area contributed by atoms with E-state index in [2.05, 4.69) is 25.8 Å². The molecule has 1 N–H and O–H groups in total. The summed E-state index contributed by atoms with van der Waals surface area (Å²) in [6.45, 7) is 9.27. The fourth-order valence-electron chi connectivity index (χ4n) is 5.84. The van der Waals surface area contributed by atoms with E-state index in [4.69, 9.17) is 9.47 Å². The van der Waals surface area contributed by atoms with Crippen LogP contribution in [0.2, 0.25) is 0 Å². The average Bonchev–Trinajstić information content (AvgIpc) is 2.90. The number of nitrogens with zero attached hydrogens (tertiary/aromatic N) is 3. The molecule has 0 radical (unpaired) electrons. The van der Waals surface area contributed by atoms with Crippen molar-refractivity contribution in [2.75, 3.05) is 58.9 Å². The van der Waals surface area contributed by atoms with Crippen molar-refractivity contribution in [3.05, 3.63) is 23.8 Å². The van der Waals surface area contributed by atoms with Crippen molar-refractivity contribution in [1.82, 2.24) is 9.80 Å². The molecule has 4 atom stereocenters. The molecule has 1 aromatic carbocycles. The molecule has 0 saturated heterocycles. The minimum atomic E-state index is -0.313. The molecule has 1 aliphatic carbocycles. The van der Waals surface area contributed by atoms with Gasteiger partial charge in [-0.3, -0.25) is 4.79 Å². The van der Waals surface area contributed by atoms with Crippen molar-refractivity contribution in [2.45, 2.75) is 90.4 Å². The number of benzene rings is 1. The second kappa shape index (κ2) is 15.1. The highest BCUT2D eigenvalue weighted by Gasteiger charge is 2.30. The predicted octanol–water partition coefficient (Wildman–Crippen LogP) is 5.06. The molecule has 1 heterocycles. The van der Waals surface area contributed by atoms with Gasteiger partial charge in [-0.1, -0.05) is 26.2 Å². The van der Waals surface area contributed by atoms with E-state index < -0.39 is 0 Å². The van der Waals surface area contributed by atoms with Gasteiger partial charge in [0.15, 0.2) is 0 Å². The largest absolute Gasteiger partial charge is 0.490 e. The minimum Gasteiger partial charge on any atom is -0.490 e. The van der Waals surface area contributed by atoms with Gasteiger partial charge in [0.25, 0.3) is 5.91 Å². The van der Waals surface area contributed by atoms with Crippen LogP contribution in [0.15, 0.2) is 18.2 Å². The van der Waals surface area contributed by atoms with Crippen LogP contribution in [0.1, 0.15) is 82.5 Å². The molecule has 7 nitrogen and oxygen atoms in total. The van der Waals surface area contributed by atoms with Crippen molar-refractivity contribution in [3.63, 3.8) is 0 Å². The molecule has 1 aliphatic heterocycles. The first-order valence-corrected chi connectivity index (χ1v) is 14.9. The maximum absolute atomic E-state index is 14.1. The first-order valence-electron chi connectivity index (χ1n) is 14.9. The SMILES string of the molecule is C[C@@H]1CCCCO[C@@H](CN(C)CC2CCCCC2)[C@@H](C)CN([C@H](C)CO)C(=O)c2cc(N(C)C)ccc2O1. The van der Waals surface area contributed by atoms with Crippen LogP contribution in [0.3, 0.4) is 0 Å². The number of amides is 1. The van der Waals surface area contributed by atoms with Gasteiger partial charge in [0.05, 0.1) is 30.4 Å². The van der Waals surface area contributed by atoms with Crippen LogP contribution >= 0.6 is 0 Å². The molecule has 2 aliphatic rings. The number of hydrogen-bond donors (Lipinski definition) is 1. The third kappa shape index (κ3) is 8.85. The van der Waals surface area contributed by atoms with Gasteiger partial charge in [0.1, 0.15) is 5.75 Å². The summed E-state index contributed by atoms with van der Waals surface area (Å²) < 4.78 is 12.8. The molecule has 1 aromatic rings. The van der Waals surface area contributed by atoms with Crippen LogP contribution in [-0.4, -0.2) is 93.1 Å². The molecule has 0 aromatic heterocycles. The molecule has 7 heteroatoms. The van der Waals surface area contributed by atoms with Crippen LogP contribution in [0.25, 0.3) is 0 Å². The van der Waals surface area contributed by atoms with E-state index in [0.29, 0.717) is 24.5 Å². The Morgan fingerprint density at radius 3 is 2.42 bits per heavy atom. The maximum Gasteiger partial charge on any atom is 0.258 e. The smallest absolute Gasteiger partial charge is 0.258 e. The van der Waals surface area contributed by atoms with E-state index in [0.717, 1.165) is 44.0 Å². The summed E-state index contributed by atoms with van der Waals surface area (Å²) in [4.78, 5) is 20.3. The third-order valence-electron chi connectivity index (χ3n) is 8.34. The predicted molar refractivity (Wildman–Crippen MR) is 155 cm³/mol. The molecule has 0 spiro atoms. The lowest BCUT2D eigenvalue weighted by atomic mass is 9.89. The average molecular weight is 532 g/mol. The number of fused-ring (bicyclic) bond motifs is 1. The van der Waals surface area contributed by atoms with Gasteiger partial charge >= 0.3 is 0 Å². The van der Waals surface area contributed by atoms with Crippen LogP contribution in [0.5, 0.6) is 5.75 Å². The summed E-state index contributed by atoms with van der Waals surface area (Å²) in [5, 5.41) is 10.1. The number of carbonyl (C=O) groups is 1. The van der Waals surface area contributed by atoms with E-state index in [9.17, 15) is 9.90 Å². The Hall–Kier alpha value is -1.83. The van der Waals surface area contributed by atoms with Crippen molar-refractivity contribution >= 4 is 11.6 Å². The molecule has 1 amide bonds. The standard InChI is InChI=1S/C31H53N3O4/c1-23-19-34(24(2)22-35)31(36)28-18-27(32(4)5)15-16-29(28)38-25(3)12-10-11-17-37-30(23)21-33(6)20-26-13-8-7-9-14-26/h15-16,18,23-26,30,35H,7-14,17,19-22H2,1-6H3/t23-,24+,25+,30-/m0/s1. The van der Waals surface area contributed by atoms with E-state index in [1.165, 1.54) is 32.1 Å². The number of aliphatic hydroxyl groups excluding tert-OH is 1. The summed E-state index contributed by atoms with van der Waals surface area (Å²) >= 11 is 0. The summed E-state index contributed by atoms with van der Waals surface area (Å²) in [6, 6.07) is 5.52. The topological polar surface area (TPSA) is 65.5 Å². The van der Waals surface area contributed by atoms with Gasteiger partial charge in [-0.25, -0.2) is 0 Å². The van der Waals surface area contributed by atoms with Gasteiger partial charge in [-0.05, 0) is 77.1 Å². The van der Waals surface area contributed by atoms with E-state index in [-0.39, 0.29) is 36.7 Å². The highest BCUT2D eigenvalue weighted by atomic mass is 16.5. The fourth-order valence-corrected chi connectivity index (χ4v) is 5.84. The number of anilines is 1. The Morgan fingerprint density at radius 1 is 1.03 bits per heavy atom. The van der Waals surface area contributed by atoms with Crippen molar-refractivity contribution in [2.24, 2.45) is 11.8 Å². The van der Waals surface area contributed by atoms with Gasteiger partial charge in [0, 0.05) is 51.9 Å². The molecule has 0 bridgehead atoms. The van der Waals surface area contributed by atoms with Gasteiger partial charge < -0.3 is 29.3 Å². The lowest BCUT2D eigenvalue weighted by molar-refractivity contribution is -0.0190. The van der Waals surface area contributed by atoms with Crippen molar-refractivity contribution in [1.29, 1.82) is 0 Å². The van der Waals surface area contributed by atoms with Gasteiger partial charge in [0.2, 0.25) is 0 Å². The fraction of sp³-hybridized carbons (Fsp3) is 0.774. The Labute approximate surface area is 231 Å². The maximum atomic E-state index is 14.1. The van der Waals surface area contributed by atoms with Crippen molar-refractivity contribution < 1.29 is 19.4 Å². The Morgan fingerprint density at radius 2 is 1.74 bits per heavy atom. The zero-order chi connectivity index (χ0) is 27.7. The molecule has 1 saturated carbocycles. The first kappa shape index (κ1) is 30.7. The van der Waals surface area contributed by atoms with Crippen LogP contribution < -0.4 is 9.64 Å². The van der Waals surface area contributed by atoms with Gasteiger partial charge in [-0.2, -0.15) is 0 Å².